The van der Waals surface area contributed by atoms with Crippen LogP contribution in [0.25, 0.3) is 0 Å². The SMILES string of the molecule is CCCCOC(=O)COc1ccccc1Br. The number of hydrogen-bond donors (Lipinski definition) is 0. The van der Waals surface area contributed by atoms with Gasteiger partial charge in [-0.05, 0) is 34.5 Å². The zero-order valence-corrected chi connectivity index (χ0v) is 10.8. The smallest absolute Gasteiger partial charge is 0.344 e. The van der Waals surface area contributed by atoms with Gasteiger partial charge >= 0.3 is 5.97 Å². The molecule has 0 radical (unpaired) electrons. The molecule has 16 heavy (non-hydrogen) atoms. The molecule has 0 aliphatic rings. The molecule has 0 atom stereocenters. The van der Waals surface area contributed by atoms with E-state index in [0.29, 0.717) is 12.4 Å². The van der Waals surface area contributed by atoms with Crippen LogP contribution in [0.3, 0.4) is 0 Å². The van der Waals surface area contributed by atoms with E-state index in [2.05, 4.69) is 15.9 Å². The summed E-state index contributed by atoms with van der Waals surface area (Å²) in [5.41, 5.74) is 0. The quantitative estimate of drug-likeness (QED) is 0.595. The van der Waals surface area contributed by atoms with Crippen LogP contribution in [-0.2, 0) is 9.53 Å². The minimum atomic E-state index is -0.329. The molecule has 0 heterocycles. The van der Waals surface area contributed by atoms with Gasteiger partial charge in [0.25, 0.3) is 0 Å². The van der Waals surface area contributed by atoms with Crippen LogP contribution in [0, 0.1) is 0 Å². The predicted octanol–water partition coefficient (Wildman–Crippen LogP) is 3.17. The van der Waals surface area contributed by atoms with Crippen LogP contribution >= 0.6 is 15.9 Å². The van der Waals surface area contributed by atoms with Crippen molar-refractivity contribution in [3.63, 3.8) is 0 Å². The van der Waals surface area contributed by atoms with Gasteiger partial charge in [0.2, 0.25) is 0 Å². The lowest BCUT2D eigenvalue weighted by atomic mass is 10.3. The second-order valence-electron chi connectivity index (χ2n) is 3.29. The van der Waals surface area contributed by atoms with Gasteiger partial charge in [-0.3, -0.25) is 0 Å². The van der Waals surface area contributed by atoms with E-state index in [1.54, 1.807) is 6.07 Å². The number of carbonyl (C=O) groups excluding carboxylic acids is 1. The summed E-state index contributed by atoms with van der Waals surface area (Å²) in [4.78, 5) is 11.2. The van der Waals surface area contributed by atoms with Gasteiger partial charge in [0.15, 0.2) is 6.61 Å². The molecule has 0 N–H and O–H groups in total. The Morgan fingerprint density at radius 2 is 2.12 bits per heavy atom. The zero-order valence-electron chi connectivity index (χ0n) is 9.24. The summed E-state index contributed by atoms with van der Waals surface area (Å²) >= 11 is 3.33. The van der Waals surface area contributed by atoms with Crippen molar-refractivity contribution in [2.75, 3.05) is 13.2 Å². The lowest BCUT2D eigenvalue weighted by Crippen LogP contribution is -2.15. The van der Waals surface area contributed by atoms with Crippen molar-refractivity contribution < 1.29 is 14.3 Å². The Balaban J connectivity index is 2.29. The maximum Gasteiger partial charge on any atom is 0.344 e. The molecule has 3 nitrogen and oxygen atoms in total. The fourth-order valence-electron chi connectivity index (χ4n) is 1.07. The third-order valence-corrected chi connectivity index (χ3v) is 2.60. The predicted molar refractivity (Wildman–Crippen MR) is 65.5 cm³/mol. The summed E-state index contributed by atoms with van der Waals surface area (Å²) in [5, 5.41) is 0. The molecule has 1 aromatic rings. The number of benzene rings is 1. The van der Waals surface area contributed by atoms with Gasteiger partial charge < -0.3 is 9.47 Å². The monoisotopic (exact) mass is 286 g/mol. The average molecular weight is 287 g/mol. The molecule has 88 valence electrons. The maximum absolute atomic E-state index is 11.2. The van der Waals surface area contributed by atoms with Crippen LogP contribution < -0.4 is 4.74 Å². The molecule has 0 spiro atoms. The van der Waals surface area contributed by atoms with Gasteiger partial charge in [-0.15, -0.1) is 0 Å². The topological polar surface area (TPSA) is 35.5 Å². The van der Waals surface area contributed by atoms with Crippen LogP contribution in [0.1, 0.15) is 19.8 Å². The molecular formula is C12H15BrO3. The molecule has 0 saturated carbocycles. The lowest BCUT2D eigenvalue weighted by molar-refractivity contribution is -0.146. The zero-order chi connectivity index (χ0) is 11.8. The van der Waals surface area contributed by atoms with Gasteiger partial charge in [-0.1, -0.05) is 25.5 Å². The van der Waals surface area contributed by atoms with Crippen LogP contribution in [0.5, 0.6) is 5.75 Å². The highest BCUT2D eigenvalue weighted by Crippen LogP contribution is 2.23. The summed E-state index contributed by atoms with van der Waals surface area (Å²) < 4.78 is 11.1. The first-order chi connectivity index (χ1) is 7.74. The van der Waals surface area contributed by atoms with Crippen molar-refractivity contribution in [2.24, 2.45) is 0 Å². The highest BCUT2D eigenvalue weighted by Gasteiger charge is 2.05. The first kappa shape index (κ1) is 13.0. The lowest BCUT2D eigenvalue weighted by Gasteiger charge is -2.07. The fourth-order valence-corrected chi connectivity index (χ4v) is 1.47. The van der Waals surface area contributed by atoms with E-state index in [4.69, 9.17) is 9.47 Å². The molecule has 0 bridgehead atoms. The molecule has 0 fully saturated rings. The van der Waals surface area contributed by atoms with E-state index in [-0.39, 0.29) is 12.6 Å². The Bertz CT molecular complexity index is 339. The molecule has 0 saturated heterocycles. The summed E-state index contributed by atoms with van der Waals surface area (Å²) in [6.45, 7) is 2.46. The Morgan fingerprint density at radius 1 is 1.38 bits per heavy atom. The molecule has 0 aromatic heterocycles. The number of esters is 1. The van der Waals surface area contributed by atoms with Crippen LogP contribution in [0.15, 0.2) is 28.7 Å². The van der Waals surface area contributed by atoms with Gasteiger partial charge in [-0.25, -0.2) is 4.79 Å². The van der Waals surface area contributed by atoms with Crippen molar-refractivity contribution in [1.29, 1.82) is 0 Å². The minimum Gasteiger partial charge on any atom is -0.481 e. The number of rotatable bonds is 6. The summed E-state index contributed by atoms with van der Waals surface area (Å²) in [6.07, 6.45) is 1.90. The molecule has 0 unspecified atom stereocenters. The normalized spacial score (nSPS) is 9.88. The van der Waals surface area contributed by atoms with E-state index < -0.39 is 0 Å². The third-order valence-electron chi connectivity index (χ3n) is 1.94. The Kier molecular flexibility index (Phi) is 5.93. The number of ether oxygens (including phenoxy) is 2. The van der Waals surface area contributed by atoms with Crippen molar-refractivity contribution in [2.45, 2.75) is 19.8 Å². The third kappa shape index (κ3) is 4.66. The first-order valence-corrected chi connectivity index (χ1v) is 6.06. The van der Waals surface area contributed by atoms with Gasteiger partial charge in [0, 0.05) is 0 Å². The average Bonchev–Trinajstić information content (AvgIpc) is 2.28. The van der Waals surface area contributed by atoms with Crippen LogP contribution in [0.2, 0.25) is 0 Å². The van der Waals surface area contributed by atoms with Crippen molar-refractivity contribution in [3.05, 3.63) is 28.7 Å². The second-order valence-corrected chi connectivity index (χ2v) is 4.15. The van der Waals surface area contributed by atoms with Gasteiger partial charge in [0.05, 0.1) is 11.1 Å². The number of carbonyl (C=O) groups is 1. The summed E-state index contributed by atoms with van der Waals surface area (Å²) in [7, 11) is 0. The van der Waals surface area contributed by atoms with Crippen molar-refractivity contribution in [1.82, 2.24) is 0 Å². The van der Waals surface area contributed by atoms with Crippen molar-refractivity contribution in [3.8, 4) is 5.75 Å². The molecule has 0 aliphatic carbocycles. The Hall–Kier alpha value is -1.03. The highest BCUT2D eigenvalue weighted by atomic mass is 79.9. The largest absolute Gasteiger partial charge is 0.481 e. The van der Waals surface area contributed by atoms with E-state index in [1.165, 1.54) is 0 Å². The molecule has 0 amide bonds. The van der Waals surface area contributed by atoms with E-state index in [0.717, 1.165) is 17.3 Å². The van der Waals surface area contributed by atoms with E-state index in [1.807, 2.05) is 25.1 Å². The minimum absolute atomic E-state index is 0.0493. The number of para-hydroxylation sites is 1. The molecular weight excluding hydrogens is 272 g/mol. The molecule has 4 heteroatoms. The number of hydrogen-bond acceptors (Lipinski definition) is 3. The van der Waals surface area contributed by atoms with Crippen LogP contribution in [0.4, 0.5) is 0 Å². The number of unbranched alkanes of at least 4 members (excludes halogenated alkanes) is 1. The summed E-state index contributed by atoms with van der Waals surface area (Å²) in [5.74, 6) is 0.319. The maximum atomic E-state index is 11.2. The van der Waals surface area contributed by atoms with E-state index >= 15 is 0 Å². The highest BCUT2D eigenvalue weighted by molar-refractivity contribution is 9.10. The van der Waals surface area contributed by atoms with Crippen LogP contribution in [-0.4, -0.2) is 19.2 Å². The molecule has 1 aromatic carbocycles. The molecule has 1 rings (SSSR count). The second kappa shape index (κ2) is 7.28. The van der Waals surface area contributed by atoms with Crippen molar-refractivity contribution >= 4 is 21.9 Å². The van der Waals surface area contributed by atoms with Gasteiger partial charge in [-0.2, -0.15) is 0 Å². The Morgan fingerprint density at radius 3 is 2.81 bits per heavy atom. The standard InChI is InChI=1S/C12H15BrO3/c1-2-3-8-15-12(14)9-16-11-7-5-4-6-10(11)13/h4-7H,2-3,8-9H2,1H3. The number of halogens is 1. The van der Waals surface area contributed by atoms with Gasteiger partial charge in [0.1, 0.15) is 5.75 Å². The molecule has 0 aliphatic heterocycles. The van der Waals surface area contributed by atoms with E-state index in [9.17, 15) is 4.79 Å². The fraction of sp³-hybridized carbons (Fsp3) is 0.417. The first-order valence-electron chi connectivity index (χ1n) is 5.27. The summed E-state index contributed by atoms with van der Waals surface area (Å²) in [6, 6.07) is 7.39. The Labute approximate surface area is 104 Å².